The number of rotatable bonds is 9. The molecule has 2 heterocycles. The Morgan fingerprint density at radius 2 is 1.84 bits per heavy atom. The molecule has 0 amide bonds. The van der Waals surface area contributed by atoms with E-state index in [9.17, 15) is 9.59 Å². The lowest BCUT2D eigenvalue weighted by molar-refractivity contribution is -0.166. The lowest BCUT2D eigenvalue weighted by Gasteiger charge is -2.58. The Labute approximate surface area is 223 Å². The molecule has 10 heteroatoms. The molecule has 1 aromatic rings. The van der Waals surface area contributed by atoms with Crippen LogP contribution in [-0.2, 0) is 40.4 Å². The second kappa shape index (κ2) is 11.9. The van der Waals surface area contributed by atoms with E-state index < -0.39 is 5.97 Å². The van der Waals surface area contributed by atoms with E-state index in [-0.39, 0.29) is 36.4 Å². The second-order valence-corrected chi connectivity index (χ2v) is 10.6. The van der Waals surface area contributed by atoms with Crippen LogP contribution in [-0.4, -0.2) is 80.8 Å². The lowest BCUT2D eigenvalue weighted by Crippen LogP contribution is -2.66. The number of carboxylic acids is 1. The first-order valence-corrected chi connectivity index (χ1v) is 13.3. The molecule has 38 heavy (non-hydrogen) atoms. The van der Waals surface area contributed by atoms with Gasteiger partial charge in [0.2, 0.25) is 0 Å². The van der Waals surface area contributed by atoms with E-state index in [2.05, 4.69) is 22.8 Å². The lowest BCUT2D eigenvalue weighted by atomic mass is 9.51. The summed E-state index contributed by atoms with van der Waals surface area (Å²) in [5, 5.41) is 7.42. The van der Waals surface area contributed by atoms with Gasteiger partial charge in [0.05, 0.1) is 7.11 Å². The monoisotopic (exact) mass is 533 g/mol. The molecule has 4 aliphatic rings. The molecular formula is C28H39NO9. The molecule has 1 saturated carbocycles. The average molecular weight is 534 g/mol. The molecular weight excluding hydrogens is 494 g/mol. The third-order valence-corrected chi connectivity index (χ3v) is 8.38. The molecule has 0 radical (unpaired) electrons. The number of benzene rings is 1. The van der Waals surface area contributed by atoms with E-state index >= 15 is 0 Å². The highest BCUT2D eigenvalue weighted by Crippen LogP contribution is 2.64. The predicted octanol–water partition coefficient (Wildman–Crippen LogP) is 3.07. The van der Waals surface area contributed by atoms with Gasteiger partial charge in [-0.1, -0.05) is 6.07 Å². The Hall–Kier alpha value is -2.85. The highest BCUT2D eigenvalue weighted by Gasteiger charge is 2.66. The van der Waals surface area contributed by atoms with E-state index in [0.717, 1.165) is 44.9 Å². The molecule has 1 N–H and O–H groups in total. The van der Waals surface area contributed by atoms with Gasteiger partial charge in [0, 0.05) is 43.9 Å². The molecule has 5 rings (SSSR count). The summed E-state index contributed by atoms with van der Waals surface area (Å²) in [7, 11) is 5.21. The van der Waals surface area contributed by atoms with Crippen LogP contribution < -0.4 is 9.47 Å². The van der Waals surface area contributed by atoms with Crippen LogP contribution in [0.1, 0.15) is 63.0 Å². The van der Waals surface area contributed by atoms with Gasteiger partial charge in [-0.2, -0.15) is 0 Å². The van der Waals surface area contributed by atoms with E-state index in [1.807, 2.05) is 6.07 Å². The van der Waals surface area contributed by atoms with Crippen LogP contribution in [0, 0.1) is 5.92 Å². The van der Waals surface area contributed by atoms with Crippen molar-refractivity contribution < 1.29 is 43.2 Å². The van der Waals surface area contributed by atoms with Gasteiger partial charge in [-0.25, -0.2) is 0 Å². The molecule has 0 unspecified atom stereocenters. The van der Waals surface area contributed by atoms with Gasteiger partial charge in [0.25, 0.3) is 5.97 Å². The molecule has 2 fully saturated rings. The number of esters is 2. The van der Waals surface area contributed by atoms with Gasteiger partial charge in [-0.15, -0.1) is 0 Å². The minimum atomic E-state index is -0.833. The fraction of sp³-hybridized carbons (Fsp3) is 0.679. The summed E-state index contributed by atoms with van der Waals surface area (Å²) in [6.07, 6.45) is 5.14. The number of ether oxygens (including phenoxy) is 5. The standard InChI is InChI=1S/C26H35NO7.C2H4O2/c1-27-13-12-26-17-9-11-20(33-22(29)7-5-4-6-21(28)31-3)25(26)34-24-19(32-15-30-2)10-8-16(23(24)26)14-18(17)27;1-2(3)4/h8,10,17-18,20,25H,4-7,9,11-15H2,1-3H3;1H3,(H,3,4)/t17-,18+,20-,25-,26-;/m0./s1. The number of hydrogen-bond donors (Lipinski definition) is 1. The Kier molecular flexibility index (Phi) is 8.82. The molecule has 0 aromatic heterocycles. The minimum Gasteiger partial charge on any atom is -0.481 e. The first kappa shape index (κ1) is 28.2. The molecule has 1 spiro atoms. The average Bonchev–Trinajstić information content (AvgIpc) is 3.24. The molecule has 5 atom stereocenters. The number of unbranched alkanes of at least 4 members (excludes halogenated alkanes) is 1. The maximum Gasteiger partial charge on any atom is 0.306 e. The first-order valence-electron chi connectivity index (χ1n) is 13.3. The number of carbonyl (C=O) groups excluding carboxylic acids is 2. The highest BCUT2D eigenvalue weighted by atomic mass is 16.7. The number of likely N-dealkylation sites (tertiary alicyclic amines) is 1. The molecule has 210 valence electrons. The van der Waals surface area contributed by atoms with Crippen molar-refractivity contribution in [1.82, 2.24) is 4.90 Å². The summed E-state index contributed by atoms with van der Waals surface area (Å²) in [4.78, 5) is 35.5. The van der Waals surface area contributed by atoms with Gasteiger partial charge in [0.15, 0.2) is 18.3 Å². The normalized spacial score (nSPS) is 28.2. The molecule has 2 aliphatic heterocycles. The zero-order valence-corrected chi connectivity index (χ0v) is 22.7. The third-order valence-electron chi connectivity index (χ3n) is 8.38. The van der Waals surface area contributed by atoms with Gasteiger partial charge >= 0.3 is 11.9 Å². The molecule has 2 aliphatic carbocycles. The molecule has 1 aromatic carbocycles. The van der Waals surface area contributed by atoms with Crippen LogP contribution in [0.5, 0.6) is 11.5 Å². The molecule has 1 saturated heterocycles. The summed E-state index contributed by atoms with van der Waals surface area (Å²) < 4.78 is 28.4. The maximum atomic E-state index is 12.7. The number of carboxylic acid groups (broad SMARTS) is 1. The second-order valence-electron chi connectivity index (χ2n) is 10.6. The number of nitrogens with zero attached hydrogens (tertiary/aromatic N) is 1. The number of piperidine rings is 1. The van der Waals surface area contributed by atoms with Crippen molar-refractivity contribution in [3.8, 4) is 11.5 Å². The van der Waals surface area contributed by atoms with Crippen LogP contribution in [0.2, 0.25) is 0 Å². The summed E-state index contributed by atoms with van der Waals surface area (Å²) >= 11 is 0. The number of methoxy groups -OCH3 is 2. The van der Waals surface area contributed by atoms with Crippen LogP contribution in [0.3, 0.4) is 0 Å². The minimum absolute atomic E-state index is 0.152. The van der Waals surface area contributed by atoms with Crippen molar-refractivity contribution >= 4 is 17.9 Å². The molecule has 2 bridgehead atoms. The number of carbonyl (C=O) groups is 3. The van der Waals surface area contributed by atoms with Gasteiger partial charge in [-0.3, -0.25) is 14.4 Å². The van der Waals surface area contributed by atoms with Crippen LogP contribution in [0.15, 0.2) is 12.1 Å². The Balaban J connectivity index is 0.000000786. The van der Waals surface area contributed by atoms with Crippen molar-refractivity contribution in [1.29, 1.82) is 0 Å². The van der Waals surface area contributed by atoms with Crippen molar-refractivity contribution in [3.63, 3.8) is 0 Å². The van der Waals surface area contributed by atoms with E-state index in [1.54, 1.807) is 7.11 Å². The van der Waals surface area contributed by atoms with Crippen molar-refractivity contribution in [3.05, 3.63) is 23.3 Å². The zero-order valence-electron chi connectivity index (χ0n) is 22.7. The quantitative estimate of drug-likeness (QED) is 0.288. The Morgan fingerprint density at radius 1 is 1.13 bits per heavy atom. The van der Waals surface area contributed by atoms with Gasteiger partial charge in [-0.05, 0) is 69.7 Å². The zero-order chi connectivity index (χ0) is 27.4. The molecule has 10 nitrogen and oxygen atoms in total. The first-order chi connectivity index (χ1) is 18.2. The number of likely N-dealkylation sites (N-methyl/N-ethyl adjacent to an activating group) is 1. The maximum absolute atomic E-state index is 12.7. The highest BCUT2D eigenvalue weighted by molar-refractivity contribution is 5.71. The van der Waals surface area contributed by atoms with E-state index in [4.69, 9.17) is 28.8 Å². The van der Waals surface area contributed by atoms with E-state index in [0.29, 0.717) is 43.4 Å². The fourth-order valence-electron chi connectivity index (χ4n) is 6.90. The third kappa shape index (κ3) is 5.33. The summed E-state index contributed by atoms with van der Waals surface area (Å²) in [5.74, 6) is 0.680. The van der Waals surface area contributed by atoms with Gasteiger partial charge < -0.3 is 33.7 Å². The summed E-state index contributed by atoms with van der Waals surface area (Å²) in [6.45, 7) is 2.24. The van der Waals surface area contributed by atoms with Crippen LogP contribution in [0.4, 0.5) is 0 Å². The SMILES string of the molecule is CC(=O)O.COCOc1ccc2c3c1O[C@H]1[C@@H](OC(=O)CCCCC(=O)OC)CC[C@H]4[C@@H](C2)N(C)CC[C@@]341. The van der Waals surface area contributed by atoms with Crippen LogP contribution in [0.25, 0.3) is 0 Å². The van der Waals surface area contributed by atoms with Crippen molar-refractivity contribution in [2.45, 2.75) is 82.0 Å². The van der Waals surface area contributed by atoms with Crippen molar-refractivity contribution in [2.75, 3.05) is 34.6 Å². The van der Waals surface area contributed by atoms with Gasteiger partial charge in [0.1, 0.15) is 12.2 Å². The largest absolute Gasteiger partial charge is 0.481 e. The fourth-order valence-corrected chi connectivity index (χ4v) is 6.90. The summed E-state index contributed by atoms with van der Waals surface area (Å²) in [5.41, 5.74) is 2.45. The Bertz CT molecular complexity index is 1040. The van der Waals surface area contributed by atoms with E-state index in [1.165, 1.54) is 18.2 Å². The number of aliphatic carboxylic acids is 1. The predicted molar refractivity (Wildman–Crippen MR) is 136 cm³/mol. The summed E-state index contributed by atoms with van der Waals surface area (Å²) in [6, 6.07) is 4.63. The Morgan fingerprint density at radius 3 is 2.53 bits per heavy atom. The topological polar surface area (TPSA) is 121 Å². The smallest absolute Gasteiger partial charge is 0.306 e. The van der Waals surface area contributed by atoms with Crippen molar-refractivity contribution in [2.24, 2.45) is 5.92 Å². The van der Waals surface area contributed by atoms with Crippen LogP contribution >= 0.6 is 0 Å². The number of hydrogen-bond acceptors (Lipinski definition) is 9.